The molecule has 0 bridgehead atoms. The maximum atomic E-state index is 10.3. The number of aliphatic carboxylic acids is 2. The molecule has 0 aromatic heterocycles. The molecular weight excluding hydrogens is 272 g/mol. The van der Waals surface area contributed by atoms with Crippen molar-refractivity contribution in [3.05, 3.63) is 0 Å². The molecule has 0 saturated carbocycles. The van der Waals surface area contributed by atoms with Crippen LogP contribution in [-0.2, 0) is 9.59 Å². The van der Waals surface area contributed by atoms with Crippen molar-refractivity contribution in [1.29, 1.82) is 0 Å². The van der Waals surface area contributed by atoms with Crippen molar-refractivity contribution < 1.29 is 24.9 Å². The van der Waals surface area contributed by atoms with Crippen LogP contribution in [0.3, 0.4) is 0 Å². The standard InChI is InChI=1S/C14H28O2.C2H4O3/c1-2-3-4-5-6-7-8-9-10-11-12-13-14(15)16;3-1-2(4)5/h2-13H2,1H3,(H,15,16);3H,1H2,(H,4,5). The minimum atomic E-state index is -1.19. The van der Waals surface area contributed by atoms with Gasteiger partial charge in [0.2, 0.25) is 0 Å². The molecule has 0 amide bonds. The summed E-state index contributed by atoms with van der Waals surface area (Å²) in [6.07, 6.45) is 14.4. The summed E-state index contributed by atoms with van der Waals surface area (Å²) in [5, 5.41) is 23.5. The van der Waals surface area contributed by atoms with Crippen LogP contribution in [0.1, 0.15) is 84.0 Å². The topological polar surface area (TPSA) is 94.8 Å². The van der Waals surface area contributed by atoms with Gasteiger partial charge in [0.25, 0.3) is 0 Å². The van der Waals surface area contributed by atoms with E-state index in [9.17, 15) is 4.79 Å². The van der Waals surface area contributed by atoms with Crippen molar-refractivity contribution in [2.45, 2.75) is 84.0 Å². The number of aliphatic hydroxyl groups is 1. The predicted octanol–water partition coefficient (Wildman–Crippen LogP) is 3.84. The van der Waals surface area contributed by atoms with E-state index in [-0.39, 0.29) is 0 Å². The lowest BCUT2D eigenvalue weighted by molar-refractivity contribution is -0.140. The Hall–Kier alpha value is -1.10. The molecule has 0 aliphatic heterocycles. The highest BCUT2D eigenvalue weighted by atomic mass is 16.4. The Morgan fingerprint density at radius 2 is 1.00 bits per heavy atom. The Bertz CT molecular complexity index is 241. The van der Waals surface area contributed by atoms with E-state index in [0.29, 0.717) is 6.42 Å². The van der Waals surface area contributed by atoms with Crippen LogP contribution < -0.4 is 0 Å². The number of rotatable bonds is 13. The minimum absolute atomic E-state index is 0.344. The van der Waals surface area contributed by atoms with E-state index < -0.39 is 18.5 Å². The number of aliphatic hydroxyl groups excluding tert-OH is 1. The van der Waals surface area contributed by atoms with Gasteiger partial charge in [-0.1, -0.05) is 71.1 Å². The summed E-state index contributed by atoms with van der Waals surface area (Å²) in [7, 11) is 0. The van der Waals surface area contributed by atoms with Crippen molar-refractivity contribution in [3.63, 3.8) is 0 Å². The smallest absolute Gasteiger partial charge is 0.329 e. The summed E-state index contributed by atoms with van der Waals surface area (Å²) in [5.41, 5.74) is 0. The third kappa shape index (κ3) is 27.9. The second kappa shape index (κ2) is 18.9. The Kier molecular flexibility index (Phi) is 20.0. The summed E-state index contributed by atoms with van der Waals surface area (Å²) in [4.78, 5) is 19.4. The van der Waals surface area contributed by atoms with E-state index in [4.69, 9.17) is 20.1 Å². The molecule has 5 nitrogen and oxygen atoms in total. The van der Waals surface area contributed by atoms with Crippen LogP contribution in [0.4, 0.5) is 0 Å². The van der Waals surface area contributed by atoms with Gasteiger partial charge in [-0.25, -0.2) is 4.79 Å². The summed E-state index contributed by atoms with van der Waals surface area (Å²) < 4.78 is 0. The molecule has 0 spiro atoms. The lowest BCUT2D eigenvalue weighted by Gasteiger charge is -2.01. The zero-order valence-electron chi connectivity index (χ0n) is 13.4. The van der Waals surface area contributed by atoms with E-state index >= 15 is 0 Å². The Morgan fingerprint density at radius 1 is 0.667 bits per heavy atom. The van der Waals surface area contributed by atoms with Gasteiger partial charge in [0, 0.05) is 6.42 Å². The van der Waals surface area contributed by atoms with Gasteiger partial charge in [0.15, 0.2) is 0 Å². The van der Waals surface area contributed by atoms with E-state index in [2.05, 4.69) is 6.92 Å². The fourth-order valence-electron chi connectivity index (χ4n) is 1.94. The molecule has 0 saturated heterocycles. The highest BCUT2D eigenvalue weighted by Crippen LogP contribution is 2.11. The van der Waals surface area contributed by atoms with Crippen LogP contribution in [0.15, 0.2) is 0 Å². The number of carboxylic acid groups (broad SMARTS) is 2. The van der Waals surface area contributed by atoms with Crippen LogP contribution in [-0.4, -0.2) is 33.9 Å². The maximum Gasteiger partial charge on any atom is 0.329 e. The molecular formula is C16H32O5. The van der Waals surface area contributed by atoms with Gasteiger partial charge in [0.05, 0.1) is 0 Å². The fraction of sp³-hybridized carbons (Fsp3) is 0.875. The Labute approximate surface area is 128 Å². The molecule has 0 fully saturated rings. The van der Waals surface area contributed by atoms with Gasteiger partial charge in [-0.15, -0.1) is 0 Å². The largest absolute Gasteiger partial charge is 0.481 e. The maximum absolute atomic E-state index is 10.3. The van der Waals surface area contributed by atoms with Crippen LogP contribution in [0.2, 0.25) is 0 Å². The summed E-state index contributed by atoms with van der Waals surface area (Å²) in [6, 6.07) is 0. The molecule has 0 heterocycles. The third-order valence-corrected chi connectivity index (χ3v) is 3.13. The highest BCUT2D eigenvalue weighted by molar-refractivity contribution is 5.67. The molecule has 21 heavy (non-hydrogen) atoms. The number of hydrogen-bond donors (Lipinski definition) is 3. The number of unbranched alkanes of at least 4 members (excludes halogenated alkanes) is 10. The second-order valence-electron chi connectivity index (χ2n) is 5.23. The molecule has 126 valence electrons. The summed E-state index contributed by atoms with van der Waals surface area (Å²) in [5.74, 6) is -1.85. The second-order valence-corrected chi connectivity index (χ2v) is 5.23. The van der Waals surface area contributed by atoms with E-state index in [1.165, 1.54) is 57.8 Å². The van der Waals surface area contributed by atoms with Gasteiger partial charge >= 0.3 is 11.9 Å². The molecule has 0 unspecified atom stereocenters. The van der Waals surface area contributed by atoms with E-state index in [1.54, 1.807) is 0 Å². The predicted molar refractivity (Wildman–Crippen MR) is 83.4 cm³/mol. The van der Waals surface area contributed by atoms with Crippen LogP contribution in [0.5, 0.6) is 0 Å². The van der Waals surface area contributed by atoms with Gasteiger partial charge in [-0.2, -0.15) is 0 Å². The van der Waals surface area contributed by atoms with Crippen molar-refractivity contribution in [3.8, 4) is 0 Å². The summed E-state index contributed by atoms with van der Waals surface area (Å²) >= 11 is 0. The van der Waals surface area contributed by atoms with Gasteiger partial charge in [-0.3, -0.25) is 4.79 Å². The van der Waals surface area contributed by atoms with E-state index in [0.717, 1.165) is 12.8 Å². The summed E-state index contributed by atoms with van der Waals surface area (Å²) in [6.45, 7) is 1.47. The van der Waals surface area contributed by atoms with Crippen molar-refractivity contribution >= 4 is 11.9 Å². The molecule has 0 aromatic carbocycles. The molecule has 0 atom stereocenters. The SMILES string of the molecule is CCCCCCCCCCCCCC(=O)O.O=C(O)CO. The average Bonchev–Trinajstić information content (AvgIpc) is 2.45. The van der Waals surface area contributed by atoms with Crippen LogP contribution in [0, 0.1) is 0 Å². The number of carbonyl (C=O) groups is 2. The lowest BCUT2D eigenvalue weighted by atomic mass is 10.1. The third-order valence-electron chi connectivity index (χ3n) is 3.13. The normalized spacial score (nSPS) is 9.81. The first-order valence-corrected chi connectivity index (χ1v) is 8.09. The molecule has 0 rings (SSSR count). The molecule has 0 radical (unpaired) electrons. The van der Waals surface area contributed by atoms with Gasteiger partial charge in [0.1, 0.15) is 6.61 Å². The van der Waals surface area contributed by atoms with Crippen LogP contribution >= 0.6 is 0 Å². The molecule has 0 aliphatic rings. The first-order valence-electron chi connectivity index (χ1n) is 8.09. The van der Waals surface area contributed by atoms with E-state index in [1.807, 2.05) is 0 Å². The van der Waals surface area contributed by atoms with Crippen molar-refractivity contribution in [1.82, 2.24) is 0 Å². The highest BCUT2D eigenvalue weighted by Gasteiger charge is 1.96. The first kappa shape index (κ1) is 22.2. The first-order chi connectivity index (χ1) is 10.0. The Balaban J connectivity index is 0. The zero-order valence-corrected chi connectivity index (χ0v) is 13.4. The monoisotopic (exact) mass is 304 g/mol. The van der Waals surface area contributed by atoms with Crippen molar-refractivity contribution in [2.75, 3.05) is 6.61 Å². The zero-order chi connectivity index (χ0) is 16.3. The van der Waals surface area contributed by atoms with Crippen LogP contribution in [0.25, 0.3) is 0 Å². The van der Waals surface area contributed by atoms with Crippen molar-refractivity contribution in [2.24, 2.45) is 0 Å². The van der Waals surface area contributed by atoms with Gasteiger partial charge < -0.3 is 15.3 Å². The number of carboxylic acids is 2. The lowest BCUT2D eigenvalue weighted by Crippen LogP contribution is -1.98. The fourth-order valence-corrected chi connectivity index (χ4v) is 1.94. The number of hydrogen-bond acceptors (Lipinski definition) is 3. The quantitative estimate of drug-likeness (QED) is 0.449. The average molecular weight is 304 g/mol. The molecule has 0 aromatic rings. The molecule has 5 heteroatoms. The molecule has 0 aliphatic carbocycles. The molecule has 3 N–H and O–H groups in total. The van der Waals surface area contributed by atoms with Gasteiger partial charge in [-0.05, 0) is 6.42 Å². The Morgan fingerprint density at radius 3 is 1.29 bits per heavy atom. The minimum Gasteiger partial charge on any atom is -0.481 e.